The number of hydrogen-bond donors (Lipinski definition) is 4. The van der Waals surface area contributed by atoms with Gasteiger partial charge < -0.3 is 15.7 Å². The number of aliphatic hydroxyl groups excluding tert-OH is 1. The summed E-state index contributed by atoms with van der Waals surface area (Å²) in [7, 11) is 0. The van der Waals surface area contributed by atoms with Crippen LogP contribution in [0.2, 0.25) is 0 Å². The molecule has 1 amide bonds. The number of aromatic nitrogens is 5. The SMILES string of the molecule is Cc1nc(CNC(=O)c2cccc3cnc(NC4CCC(O)CC4)nc23)n[nH]1. The highest BCUT2D eigenvalue weighted by Gasteiger charge is 2.20. The Balaban J connectivity index is 1.51. The van der Waals surface area contributed by atoms with Crippen molar-refractivity contribution in [2.45, 2.75) is 51.3 Å². The van der Waals surface area contributed by atoms with Gasteiger partial charge in [0.15, 0.2) is 5.82 Å². The second-order valence-electron chi connectivity index (χ2n) is 7.11. The number of para-hydroxylation sites is 1. The van der Waals surface area contributed by atoms with Gasteiger partial charge >= 0.3 is 0 Å². The smallest absolute Gasteiger partial charge is 0.253 e. The van der Waals surface area contributed by atoms with Crippen LogP contribution in [0.5, 0.6) is 0 Å². The molecular formula is C19H23N7O2. The first-order valence-electron chi connectivity index (χ1n) is 9.45. The number of nitrogens with zero attached hydrogens (tertiary/aromatic N) is 4. The monoisotopic (exact) mass is 381 g/mol. The maximum atomic E-state index is 12.7. The van der Waals surface area contributed by atoms with E-state index in [4.69, 9.17) is 0 Å². The second-order valence-corrected chi connectivity index (χ2v) is 7.11. The lowest BCUT2D eigenvalue weighted by Gasteiger charge is -2.26. The lowest BCUT2D eigenvalue weighted by Crippen LogP contribution is -2.29. The van der Waals surface area contributed by atoms with Crippen LogP contribution < -0.4 is 10.6 Å². The number of aliphatic hydroxyl groups is 1. The molecule has 1 fully saturated rings. The molecule has 0 spiro atoms. The molecule has 4 rings (SSSR count). The first-order chi connectivity index (χ1) is 13.6. The number of benzene rings is 1. The fourth-order valence-corrected chi connectivity index (χ4v) is 3.43. The van der Waals surface area contributed by atoms with Crippen molar-refractivity contribution in [2.75, 3.05) is 5.32 Å². The third kappa shape index (κ3) is 4.09. The van der Waals surface area contributed by atoms with E-state index in [1.807, 2.05) is 19.1 Å². The summed E-state index contributed by atoms with van der Waals surface area (Å²) in [6, 6.07) is 5.67. The van der Waals surface area contributed by atoms with E-state index < -0.39 is 0 Å². The summed E-state index contributed by atoms with van der Waals surface area (Å²) in [5.41, 5.74) is 1.08. The second kappa shape index (κ2) is 7.89. The number of fused-ring (bicyclic) bond motifs is 1. The molecule has 0 unspecified atom stereocenters. The highest BCUT2D eigenvalue weighted by atomic mass is 16.3. The van der Waals surface area contributed by atoms with Crippen LogP contribution in [0, 0.1) is 6.92 Å². The minimum absolute atomic E-state index is 0.210. The molecule has 2 heterocycles. The molecule has 28 heavy (non-hydrogen) atoms. The number of carbonyl (C=O) groups is 1. The van der Waals surface area contributed by atoms with Crippen LogP contribution in [0.25, 0.3) is 10.9 Å². The molecule has 0 radical (unpaired) electrons. The predicted molar refractivity (Wildman–Crippen MR) is 104 cm³/mol. The maximum Gasteiger partial charge on any atom is 0.253 e. The molecule has 0 saturated heterocycles. The Bertz CT molecular complexity index is 979. The number of nitrogens with one attached hydrogen (secondary N) is 3. The number of rotatable bonds is 5. The van der Waals surface area contributed by atoms with Gasteiger partial charge in [0.25, 0.3) is 5.91 Å². The van der Waals surface area contributed by atoms with Crippen molar-refractivity contribution in [3.63, 3.8) is 0 Å². The zero-order chi connectivity index (χ0) is 19.5. The molecular weight excluding hydrogens is 358 g/mol. The molecule has 1 aromatic carbocycles. The third-order valence-electron chi connectivity index (χ3n) is 4.94. The number of amides is 1. The van der Waals surface area contributed by atoms with Gasteiger partial charge in [-0.25, -0.2) is 15.0 Å². The Morgan fingerprint density at radius 3 is 2.82 bits per heavy atom. The van der Waals surface area contributed by atoms with Crippen molar-refractivity contribution in [2.24, 2.45) is 0 Å². The van der Waals surface area contributed by atoms with Crippen molar-refractivity contribution < 1.29 is 9.90 Å². The molecule has 2 aromatic heterocycles. The molecule has 9 heteroatoms. The molecule has 1 saturated carbocycles. The van der Waals surface area contributed by atoms with E-state index in [9.17, 15) is 9.90 Å². The van der Waals surface area contributed by atoms with Gasteiger partial charge in [-0.05, 0) is 38.7 Å². The Kier molecular flexibility index (Phi) is 5.16. The van der Waals surface area contributed by atoms with Crippen molar-refractivity contribution in [3.05, 3.63) is 41.6 Å². The van der Waals surface area contributed by atoms with Crippen molar-refractivity contribution in [3.8, 4) is 0 Å². The van der Waals surface area contributed by atoms with Gasteiger partial charge in [0.05, 0.1) is 23.7 Å². The lowest BCUT2D eigenvalue weighted by molar-refractivity contribution is 0.0951. The van der Waals surface area contributed by atoms with Gasteiger partial charge in [-0.1, -0.05) is 12.1 Å². The number of carbonyl (C=O) groups excluding carboxylic acids is 1. The molecule has 4 N–H and O–H groups in total. The summed E-state index contributed by atoms with van der Waals surface area (Å²) in [4.78, 5) is 25.8. The molecule has 0 atom stereocenters. The van der Waals surface area contributed by atoms with E-state index in [-0.39, 0.29) is 24.6 Å². The van der Waals surface area contributed by atoms with Crippen LogP contribution in [0.15, 0.2) is 24.4 Å². The molecule has 1 aliphatic rings. The van der Waals surface area contributed by atoms with E-state index in [2.05, 4.69) is 35.8 Å². The molecule has 0 bridgehead atoms. The number of aromatic amines is 1. The number of hydrogen-bond acceptors (Lipinski definition) is 7. The normalized spacial score (nSPS) is 19.5. The minimum Gasteiger partial charge on any atom is -0.393 e. The van der Waals surface area contributed by atoms with Gasteiger partial charge in [0.2, 0.25) is 5.95 Å². The first kappa shape index (κ1) is 18.3. The summed E-state index contributed by atoms with van der Waals surface area (Å²) >= 11 is 0. The average molecular weight is 381 g/mol. The van der Waals surface area contributed by atoms with Gasteiger partial charge in [0.1, 0.15) is 5.82 Å². The average Bonchev–Trinajstić information content (AvgIpc) is 3.12. The standard InChI is InChI=1S/C19H23N7O2/c1-11-22-16(26-25-11)10-20-18(28)15-4-2-3-12-9-21-19(24-17(12)15)23-13-5-7-14(27)8-6-13/h2-4,9,13-14,27H,5-8,10H2,1H3,(H,20,28)(H,21,23,24)(H,22,25,26). The Labute approximate surface area is 162 Å². The van der Waals surface area contributed by atoms with E-state index >= 15 is 0 Å². The molecule has 1 aliphatic carbocycles. The van der Waals surface area contributed by atoms with Crippen LogP contribution in [-0.4, -0.2) is 48.3 Å². The van der Waals surface area contributed by atoms with Crippen LogP contribution in [0.4, 0.5) is 5.95 Å². The zero-order valence-corrected chi connectivity index (χ0v) is 15.6. The molecule has 3 aromatic rings. The quantitative estimate of drug-likeness (QED) is 0.529. The summed E-state index contributed by atoms with van der Waals surface area (Å²) in [5, 5.41) is 23.4. The zero-order valence-electron chi connectivity index (χ0n) is 15.6. The van der Waals surface area contributed by atoms with E-state index in [1.165, 1.54) is 0 Å². The fraction of sp³-hybridized carbons (Fsp3) is 0.421. The van der Waals surface area contributed by atoms with Crippen molar-refractivity contribution in [1.29, 1.82) is 0 Å². The van der Waals surface area contributed by atoms with E-state index in [0.29, 0.717) is 28.7 Å². The van der Waals surface area contributed by atoms with Crippen LogP contribution >= 0.6 is 0 Å². The number of H-pyrrole nitrogens is 1. The van der Waals surface area contributed by atoms with Gasteiger partial charge in [-0.3, -0.25) is 9.89 Å². The van der Waals surface area contributed by atoms with Crippen LogP contribution in [-0.2, 0) is 6.54 Å². The van der Waals surface area contributed by atoms with Crippen LogP contribution in [0.1, 0.15) is 47.7 Å². The summed E-state index contributed by atoms with van der Waals surface area (Å²) in [5.74, 6) is 1.49. The van der Waals surface area contributed by atoms with E-state index in [1.54, 1.807) is 12.3 Å². The topological polar surface area (TPSA) is 129 Å². The van der Waals surface area contributed by atoms with Crippen molar-refractivity contribution in [1.82, 2.24) is 30.5 Å². The van der Waals surface area contributed by atoms with Crippen molar-refractivity contribution >= 4 is 22.8 Å². The first-order valence-corrected chi connectivity index (χ1v) is 9.45. The Hall–Kier alpha value is -3.07. The van der Waals surface area contributed by atoms with Gasteiger partial charge in [0, 0.05) is 17.6 Å². The molecule has 0 aliphatic heterocycles. The van der Waals surface area contributed by atoms with Gasteiger partial charge in [-0.15, -0.1) is 0 Å². The Morgan fingerprint density at radius 2 is 2.07 bits per heavy atom. The highest BCUT2D eigenvalue weighted by molar-refractivity contribution is 6.05. The summed E-state index contributed by atoms with van der Waals surface area (Å²) in [6.45, 7) is 2.04. The summed E-state index contributed by atoms with van der Waals surface area (Å²) < 4.78 is 0. The van der Waals surface area contributed by atoms with E-state index in [0.717, 1.165) is 31.1 Å². The molecule has 9 nitrogen and oxygen atoms in total. The fourth-order valence-electron chi connectivity index (χ4n) is 3.43. The third-order valence-corrected chi connectivity index (χ3v) is 4.94. The van der Waals surface area contributed by atoms with Gasteiger partial charge in [-0.2, -0.15) is 5.10 Å². The minimum atomic E-state index is -0.238. The number of anilines is 1. The largest absolute Gasteiger partial charge is 0.393 e. The maximum absolute atomic E-state index is 12.7. The Morgan fingerprint density at radius 1 is 1.25 bits per heavy atom. The number of aryl methyl sites for hydroxylation is 1. The molecule has 146 valence electrons. The summed E-state index contributed by atoms with van der Waals surface area (Å²) in [6.07, 6.45) is 4.82. The predicted octanol–water partition coefficient (Wildman–Crippen LogP) is 1.70. The lowest BCUT2D eigenvalue weighted by atomic mass is 9.93. The highest BCUT2D eigenvalue weighted by Crippen LogP contribution is 2.22. The van der Waals surface area contributed by atoms with Crippen LogP contribution in [0.3, 0.4) is 0 Å².